The zero-order chi connectivity index (χ0) is 31.3. The molecule has 10 aromatic rings. The van der Waals surface area contributed by atoms with Crippen molar-refractivity contribution in [3.05, 3.63) is 120 Å². The van der Waals surface area contributed by atoms with Crippen LogP contribution in [0, 0.1) is 0 Å². The molecule has 0 amide bonds. The third-order valence-electron chi connectivity index (χ3n) is 10.6. The summed E-state index contributed by atoms with van der Waals surface area (Å²) in [4.78, 5) is 0. The maximum Gasteiger partial charge on any atom is 0.0634 e. The van der Waals surface area contributed by atoms with Gasteiger partial charge in [0.25, 0.3) is 0 Å². The van der Waals surface area contributed by atoms with Crippen LogP contribution in [0.1, 0.15) is 52.7 Å². The van der Waals surface area contributed by atoms with Crippen molar-refractivity contribution in [1.82, 2.24) is 8.80 Å². The summed E-state index contributed by atoms with van der Waals surface area (Å²) in [6, 6.07) is 41.4. The highest BCUT2D eigenvalue weighted by molar-refractivity contribution is 6.45. The maximum absolute atomic E-state index is 2.55. The number of hydrogen-bond donors (Lipinski definition) is 0. The van der Waals surface area contributed by atoms with Crippen molar-refractivity contribution in [3.63, 3.8) is 0 Å². The number of para-hydroxylation sites is 3. The van der Waals surface area contributed by atoms with E-state index in [1.807, 2.05) is 0 Å². The molecule has 0 saturated carbocycles. The van der Waals surface area contributed by atoms with Crippen molar-refractivity contribution in [2.75, 3.05) is 0 Å². The Morgan fingerprint density at radius 2 is 0.761 bits per heavy atom. The zero-order valence-corrected chi connectivity index (χ0v) is 27.3. The molecule has 0 saturated heterocycles. The van der Waals surface area contributed by atoms with Crippen LogP contribution in [0.15, 0.2) is 109 Å². The standard InChI is InChI=1S/C44H36N2/c1-43(2,3)27-21-26(22-28(24-27)44(4,5)6)25-19-20-36-32(23-25)40-39-31-15-9-11-17-34(31)45-33-16-10-7-13-29(33)37(41(39)45)38-30-14-8-12-18-35(30)46(36)42(38)40/h7-24H,1-6H3. The highest BCUT2D eigenvalue weighted by atomic mass is 14.9. The van der Waals surface area contributed by atoms with E-state index >= 15 is 0 Å². The van der Waals surface area contributed by atoms with E-state index in [4.69, 9.17) is 0 Å². The van der Waals surface area contributed by atoms with Gasteiger partial charge in [0.05, 0.1) is 33.1 Å². The van der Waals surface area contributed by atoms with Crippen LogP contribution >= 0.6 is 0 Å². The van der Waals surface area contributed by atoms with Crippen molar-refractivity contribution in [2.45, 2.75) is 52.4 Å². The summed E-state index contributed by atoms with van der Waals surface area (Å²) < 4.78 is 5.08. The fourth-order valence-electron chi connectivity index (χ4n) is 8.37. The van der Waals surface area contributed by atoms with Crippen LogP contribution in [0.25, 0.3) is 87.3 Å². The Balaban J connectivity index is 1.45. The van der Waals surface area contributed by atoms with Gasteiger partial charge in [-0.2, -0.15) is 0 Å². The molecule has 0 unspecified atom stereocenters. The van der Waals surface area contributed by atoms with Crippen LogP contribution < -0.4 is 0 Å². The van der Waals surface area contributed by atoms with Gasteiger partial charge in [-0.05, 0) is 63.4 Å². The van der Waals surface area contributed by atoms with Gasteiger partial charge in [-0.1, -0.05) is 120 Å². The van der Waals surface area contributed by atoms with E-state index in [1.54, 1.807) is 0 Å². The minimum atomic E-state index is 0.0598. The van der Waals surface area contributed by atoms with Crippen LogP contribution in [0.5, 0.6) is 0 Å². The highest BCUT2D eigenvalue weighted by Crippen LogP contribution is 2.52. The van der Waals surface area contributed by atoms with Gasteiger partial charge < -0.3 is 8.80 Å². The van der Waals surface area contributed by atoms with E-state index in [9.17, 15) is 0 Å². The van der Waals surface area contributed by atoms with E-state index < -0.39 is 0 Å². The second-order valence-corrected chi connectivity index (χ2v) is 15.5. The second-order valence-electron chi connectivity index (χ2n) is 15.5. The first-order valence-corrected chi connectivity index (χ1v) is 16.5. The van der Waals surface area contributed by atoms with Gasteiger partial charge in [-0.15, -0.1) is 0 Å². The lowest BCUT2D eigenvalue weighted by atomic mass is 9.79. The van der Waals surface area contributed by atoms with Crippen molar-refractivity contribution >= 4 is 76.2 Å². The number of fused-ring (bicyclic) bond motifs is 14. The fourth-order valence-corrected chi connectivity index (χ4v) is 8.37. The smallest absolute Gasteiger partial charge is 0.0634 e. The number of rotatable bonds is 1. The van der Waals surface area contributed by atoms with Gasteiger partial charge >= 0.3 is 0 Å². The van der Waals surface area contributed by atoms with E-state index in [0.29, 0.717) is 0 Å². The molecular formula is C44H36N2. The Labute approximate surface area is 268 Å². The summed E-state index contributed by atoms with van der Waals surface area (Å²) >= 11 is 0. The Hall–Kier alpha value is -5.08. The number of benzene rings is 6. The Kier molecular flexibility index (Phi) is 4.77. The second kappa shape index (κ2) is 8.39. The summed E-state index contributed by atoms with van der Waals surface area (Å²) in [6.45, 7) is 13.9. The van der Waals surface area contributed by atoms with Crippen LogP contribution in [0.3, 0.4) is 0 Å². The van der Waals surface area contributed by atoms with Gasteiger partial charge in [0.15, 0.2) is 0 Å². The predicted molar refractivity (Wildman–Crippen MR) is 199 cm³/mol. The third kappa shape index (κ3) is 3.17. The summed E-state index contributed by atoms with van der Waals surface area (Å²) in [5.74, 6) is 0. The van der Waals surface area contributed by atoms with Gasteiger partial charge in [0, 0.05) is 43.1 Å². The first-order valence-electron chi connectivity index (χ1n) is 16.5. The number of aromatic nitrogens is 2. The monoisotopic (exact) mass is 592 g/mol. The Morgan fingerprint density at radius 3 is 1.20 bits per heavy atom. The summed E-state index contributed by atoms with van der Waals surface area (Å²) in [6.07, 6.45) is 0. The molecule has 46 heavy (non-hydrogen) atoms. The van der Waals surface area contributed by atoms with Gasteiger partial charge in [-0.3, -0.25) is 0 Å². The Morgan fingerprint density at radius 1 is 0.370 bits per heavy atom. The van der Waals surface area contributed by atoms with Crippen LogP contribution in [0.4, 0.5) is 0 Å². The lowest BCUT2D eigenvalue weighted by Crippen LogP contribution is -2.16. The molecule has 0 fully saturated rings. The number of nitrogens with zero attached hydrogens (tertiary/aromatic N) is 2. The lowest BCUT2D eigenvalue weighted by molar-refractivity contribution is 0.569. The highest BCUT2D eigenvalue weighted by Gasteiger charge is 2.28. The Bertz CT molecular complexity index is 2830. The molecule has 4 aromatic heterocycles. The molecule has 4 heterocycles. The van der Waals surface area contributed by atoms with Gasteiger partial charge in [-0.25, -0.2) is 0 Å². The van der Waals surface area contributed by atoms with Crippen molar-refractivity contribution in [3.8, 4) is 11.1 Å². The predicted octanol–water partition coefficient (Wildman–Crippen LogP) is 12.2. The molecule has 0 aliphatic rings. The zero-order valence-electron chi connectivity index (χ0n) is 27.3. The average molecular weight is 593 g/mol. The molecule has 0 N–H and O–H groups in total. The van der Waals surface area contributed by atoms with Crippen molar-refractivity contribution < 1.29 is 0 Å². The van der Waals surface area contributed by atoms with Crippen molar-refractivity contribution in [2.24, 2.45) is 0 Å². The van der Waals surface area contributed by atoms with E-state index in [1.165, 1.54) is 98.4 Å². The molecular weight excluding hydrogens is 556 g/mol. The molecule has 0 bridgehead atoms. The molecule has 10 rings (SSSR count). The summed E-state index contributed by atoms with van der Waals surface area (Å²) in [5.41, 5.74) is 13.3. The largest absolute Gasteiger partial charge is 0.308 e. The maximum atomic E-state index is 2.55. The fraction of sp³-hybridized carbons (Fsp3) is 0.182. The number of hydrogen-bond acceptors (Lipinski definition) is 0. The van der Waals surface area contributed by atoms with Crippen molar-refractivity contribution in [1.29, 1.82) is 0 Å². The quantitative estimate of drug-likeness (QED) is 0.179. The van der Waals surface area contributed by atoms with Gasteiger partial charge in [0.2, 0.25) is 0 Å². The van der Waals surface area contributed by atoms with Crippen LogP contribution in [-0.2, 0) is 10.8 Å². The molecule has 6 aromatic carbocycles. The van der Waals surface area contributed by atoms with Crippen LogP contribution in [-0.4, -0.2) is 8.80 Å². The summed E-state index contributed by atoms with van der Waals surface area (Å²) in [7, 11) is 0. The normalized spacial score (nSPS) is 13.4. The van der Waals surface area contributed by atoms with E-state index in [0.717, 1.165) is 0 Å². The SMILES string of the molecule is CC(C)(C)c1cc(-c2ccc3c(c2)c2c4c5ccccc5n5c6ccccc6c(c6c7ccccc7n3c62)c45)cc(C(C)(C)C)c1. The van der Waals surface area contributed by atoms with Gasteiger partial charge in [0.1, 0.15) is 0 Å². The molecule has 2 heteroatoms. The average Bonchev–Trinajstić information content (AvgIpc) is 3.76. The molecule has 0 radical (unpaired) electrons. The first kappa shape index (κ1) is 26.2. The first-order chi connectivity index (χ1) is 22.1. The minimum absolute atomic E-state index is 0.0598. The molecule has 0 atom stereocenters. The molecule has 0 aliphatic heterocycles. The topological polar surface area (TPSA) is 8.82 Å². The minimum Gasteiger partial charge on any atom is -0.308 e. The third-order valence-corrected chi connectivity index (χ3v) is 10.6. The lowest BCUT2D eigenvalue weighted by Gasteiger charge is -2.26. The molecule has 0 spiro atoms. The van der Waals surface area contributed by atoms with E-state index in [-0.39, 0.29) is 10.8 Å². The van der Waals surface area contributed by atoms with E-state index in [2.05, 4.69) is 160 Å². The summed E-state index contributed by atoms with van der Waals surface area (Å²) in [5, 5.41) is 10.8. The molecule has 222 valence electrons. The molecule has 2 nitrogen and oxygen atoms in total. The van der Waals surface area contributed by atoms with Crippen LogP contribution in [0.2, 0.25) is 0 Å². The molecule has 0 aliphatic carbocycles.